The van der Waals surface area contributed by atoms with Crippen LogP contribution in [0.2, 0.25) is 0 Å². The number of aromatic nitrogens is 3. The Kier molecular flexibility index (Phi) is 6.41. The molecule has 0 aliphatic heterocycles. The molecule has 0 saturated heterocycles. The highest BCUT2D eigenvalue weighted by atomic mass is 32.2. The van der Waals surface area contributed by atoms with E-state index >= 15 is 0 Å². The van der Waals surface area contributed by atoms with Gasteiger partial charge in [-0.1, -0.05) is 19.9 Å². The third kappa shape index (κ3) is 4.75. The van der Waals surface area contributed by atoms with E-state index in [1.165, 1.54) is 12.3 Å². The summed E-state index contributed by atoms with van der Waals surface area (Å²) < 4.78 is 34.7. The molecule has 4 rings (SSSR count). The van der Waals surface area contributed by atoms with E-state index in [0.29, 0.717) is 42.7 Å². The summed E-state index contributed by atoms with van der Waals surface area (Å²) in [6.07, 6.45) is 8.43. The highest BCUT2D eigenvalue weighted by molar-refractivity contribution is 7.90. The lowest BCUT2D eigenvalue weighted by Crippen LogP contribution is -2.29. The molecule has 32 heavy (non-hydrogen) atoms. The van der Waals surface area contributed by atoms with Crippen LogP contribution in [0.3, 0.4) is 0 Å². The summed E-state index contributed by atoms with van der Waals surface area (Å²) in [4.78, 5) is 20.6. The van der Waals surface area contributed by atoms with Gasteiger partial charge in [0.05, 0.1) is 18.6 Å². The van der Waals surface area contributed by atoms with Crippen LogP contribution >= 0.6 is 0 Å². The van der Waals surface area contributed by atoms with Gasteiger partial charge in [-0.25, -0.2) is 18.4 Å². The van der Waals surface area contributed by atoms with Gasteiger partial charge in [-0.05, 0) is 48.6 Å². The second kappa shape index (κ2) is 9.24. The minimum atomic E-state index is -3.71. The molecule has 1 aliphatic rings. The van der Waals surface area contributed by atoms with E-state index < -0.39 is 9.84 Å². The van der Waals surface area contributed by atoms with E-state index in [9.17, 15) is 13.2 Å². The minimum Gasteiger partial charge on any atom is -0.488 e. The standard InChI is InChI=1S/C24H27N3O4S/c1-17(2)23(14-27-13-12-25-16-27)31-22-10-9-19-18(6-5-7-21(19)28)20(22)15-32(29,30)24-8-3-4-11-26-24/h3-4,8-13,16-17,23H,5-7,14-15H2,1-2H3. The number of nitrogens with zero attached hydrogens (tertiary/aromatic N) is 3. The van der Waals surface area contributed by atoms with Crippen molar-refractivity contribution < 1.29 is 17.9 Å². The average Bonchev–Trinajstić information content (AvgIpc) is 3.29. The summed E-state index contributed by atoms with van der Waals surface area (Å²) in [6, 6.07) is 8.35. The van der Waals surface area contributed by atoms with Crippen LogP contribution in [0.5, 0.6) is 5.75 Å². The van der Waals surface area contributed by atoms with Crippen molar-refractivity contribution in [2.75, 3.05) is 0 Å². The molecule has 1 aliphatic carbocycles. The Balaban J connectivity index is 1.74. The van der Waals surface area contributed by atoms with Crippen LogP contribution in [0.1, 0.15) is 48.2 Å². The molecule has 2 heterocycles. The van der Waals surface area contributed by atoms with Gasteiger partial charge in [0.25, 0.3) is 0 Å². The number of hydrogen-bond acceptors (Lipinski definition) is 6. The van der Waals surface area contributed by atoms with Gasteiger partial charge in [-0.3, -0.25) is 4.79 Å². The lowest BCUT2D eigenvalue weighted by atomic mass is 9.87. The topological polar surface area (TPSA) is 91.2 Å². The molecule has 0 bridgehead atoms. The maximum atomic E-state index is 13.2. The summed E-state index contributed by atoms with van der Waals surface area (Å²) in [7, 11) is -3.71. The van der Waals surface area contributed by atoms with Gasteiger partial charge in [0, 0.05) is 36.1 Å². The number of fused-ring (bicyclic) bond motifs is 1. The van der Waals surface area contributed by atoms with Gasteiger partial charge in [0.15, 0.2) is 20.6 Å². The predicted octanol–water partition coefficient (Wildman–Crippen LogP) is 3.87. The number of carbonyl (C=O) groups is 1. The maximum absolute atomic E-state index is 13.2. The largest absolute Gasteiger partial charge is 0.488 e. The van der Waals surface area contributed by atoms with Crippen molar-refractivity contribution in [1.82, 2.24) is 14.5 Å². The summed E-state index contributed by atoms with van der Waals surface area (Å²) in [6.45, 7) is 4.71. The molecule has 0 radical (unpaired) electrons. The number of sulfone groups is 1. The Morgan fingerprint density at radius 3 is 2.66 bits per heavy atom. The SMILES string of the molecule is CC(C)C(Cn1ccnc1)Oc1ccc2c(c1CS(=O)(=O)c1ccccn1)CCCC2=O. The van der Waals surface area contributed by atoms with E-state index in [0.717, 1.165) is 5.56 Å². The Bertz CT molecular complexity index is 1190. The molecule has 1 unspecified atom stereocenters. The molecule has 8 heteroatoms. The molecule has 1 aromatic carbocycles. The Hall–Kier alpha value is -3.00. The maximum Gasteiger partial charge on any atom is 0.199 e. The number of hydrogen-bond donors (Lipinski definition) is 0. The van der Waals surface area contributed by atoms with Crippen LogP contribution < -0.4 is 4.74 Å². The fraction of sp³-hybridized carbons (Fsp3) is 0.375. The zero-order valence-electron chi connectivity index (χ0n) is 18.3. The van der Waals surface area contributed by atoms with Crippen LogP contribution in [0.25, 0.3) is 0 Å². The van der Waals surface area contributed by atoms with Crippen molar-refractivity contribution in [2.24, 2.45) is 5.92 Å². The predicted molar refractivity (Wildman–Crippen MR) is 120 cm³/mol. The molecule has 7 nitrogen and oxygen atoms in total. The first-order chi connectivity index (χ1) is 15.3. The number of ketones is 1. The van der Waals surface area contributed by atoms with E-state index in [1.54, 1.807) is 36.8 Å². The molecule has 0 N–H and O–H groups in total. The van der Waals surface area contributed by atoms with Gasteiger partial charge < -0.3 is 9.30 Å². The Morgan fingerprint density at radius 1 is 1.12 bits per heavy atom. The van der Waals surface area contributed by atoms with Crippen LogP contribution in [-0.4, -0.2) is 34.8 Å². The highest BCUT2D eigenvalue weighted by Crippen LogP contribution is 2.35. The van der Waals surface area contributed by atoms with E-state index in [2.05, 4.69) is 23.8 Å². The molecule has 1 atom stereocenters. The smallest absolute Gasteiger partial charge is 0.199 e. The van der Waals surface area contributed by atoms with E-state index in [4.69, 9.17) is 4.74 Å². The first kappa shape index (κ1) is 22.2. The lowest BCUT2D eigenvalue weighted by molar-refractivity contribution is 0.0971. The number of Topliss-reactive ketones (excluding diaryl/α,β-unsaturated/α-hetero) is 1. The summed E-state index contributed by atoms with van der Waals surface area (Å²) in [5.41, 5.74) is 1.95. The van der Waals surface area contributed by atoms with Crippen molar-refractivity contribution >= 4 is 15.6 Å². The number of imidazole rings is 1. The molecule has 0 spiro atoms. The zero-order valence-corrected chi connectivity index (χ0v) is 19.1. The quantitative estimate of drug-likeness (QED) is 0.514. The van der Waals surface area contributed by atoms with Gasteiger partial charge >= 0.3 is 0 Å². The van der Waals surface area contributed by atoms with Crippen LogP contribution in [-0.2, 0) is 28.6 Å². The average molecular weight is 454 g/mol. The minimum absolute atomic E-state index is 0.0181. The first-order valence-electron chi connectivity index (χ1n) is 10.8. The zero-order chi connectivity index (χ0) is 22.7. The van der Waals surface area contributed by atoms with E-state index in [-0.39, 0.29) is 28.6 Å². The van der Waals surface area contributed by atoms with Crippen molar-refractivity contribution in [3.63, 3.8) is 0 Å². The van der Waals surface area contributed by atoms with Gasteiger partial charge in [-0.15, -0.1) is 0 Å². The summed E-state index contributed by atoms with van der Waals surface area (Å²) >= 11 is 0. The van der Waals surface area contributed by atoms with Gasteiger partial charge in [-0.2, -0.15) is 0 Å². The third-order valence-corrected chi connectivity index (χ3v) is 7.33. The molecular formula is C24H27N3O4S. The molecule has 0 saturated carbocycles. The van der Waals surface area contributed by atoms with Crippen molar-refractivity contribution in [2.45, 2.75) is 56.5 Å². The van der Waals surface area contributed by atoms with Gasteiger partial charge in [0.2, 0.25) is 0 Å². The number of benzene rings is 1. The molecule has 168 valence electrons. The molecule has 2 aromatic heterocycles. The fourth-order valence-corrected chi connectivity index (χ4v) is 5.34. The monoisotopic (exact) mass is 453 g/mol. The number of rotatable bonds is 8. The van der Waals surface area contributed by atoms with Crippen molar-refractivity contribution in [1.29, 1.82) is 0 Å². The third-order valence-electron chi connectivity index (χ3n) is 5.78. The highest BCUT2D eigenvalue weighted by Gasteiger charge is 2.28. The molecule has 0 amide bonds. The lowest BCUT2D eigenvalue weighted by Gasteiger charge is -2.27. The fourth-order valence-electron chi connectivity index (χ4n) is 3.99. The van der Waals surface area contributed by atoms with Crippen molar-refractivity contribution in [3.8, 4) is 5.75 Å². The van der Waals surface area contributed by atoms with E-state index in [1.807, 2.05) is 10.8 Å². The second-order valence-corrected chi connectivity index (χ2v) is 10.4. The number of pyridine rings is 1. The van der Waals surface area contributed by atoms with Crippen molar-refractivity contribution in [3.05, 3.63) is 71.9 Å². The number of ether oxygens (including phenoxy) is 1. The molecular weight excluding hydrogens is 426 g/mol. The summed E-state index contributed by atoms with van der Waals surface area (Å²) in [5, 5.41) is 0.0181. The summed E-state index contributed by atoms with van der Waals surface area (Å²) in [5.74, 6) is 0.478. The Morgan fingerprint density at radius 2 is 1.97 bits per heavy atom. The molecule has 3 aromatic rings. The normalized spacial score (nSPS) is 14.9. The molecule has 0 fully saturated rings. The second-order valence-electron chi connectivity index (χ2n) is 8.43. The number of carbonyl (C=O) groups excluding carboxylic acids is 1. The van der Waals surface area contributed by atoms with Crippen LogP contribution in [0.4, 0.5) is 0 Å². The van der Waals surface area contributed by atoms with Crippen LogP contribution in [0.15, 0.2) is 60.3 Å². The Labute approximate surface area is 188 Å². The van der Waals surface area contributed by atoms with Crippen LogP contribution in [0, 0.1) is 5.92 Å². The van der Waals surface area contributed by atoms with Gasteiger partial charge in [0.1, 0.15) is 11.9 Å². The first-order valence-corrected chi connectivity index (χ1v) is 12.4.